The first-order valence-corrected chi connectivity index (χ1v) is 13.3. The molecular weight excluding hydrogens is 547 g/mol. The topological polar surface area (TPSA) is 55.7 Å². The van der Waals surface area contributed by atoms with Crippen molar-refractivity contribution in [2.45, 2.75) is 6.92 Å². The Kier molecular flexibility index (Phi) is 8.51. The molecule has 0 spiro atoms. The molecule has 6 rings (SSSR count). The first-order valence-electron chi connectivity index (χ1n) is 10.2. The van der Waals surface area contributed by atoms with E-state index in [1.54, 1.807) is 13.4 Å². The van der Waals surface area contributed by atoms with E-state index in [0.717, 1.165) is 56.7 Å². The van der Waals surface area contributed by atoms with Crippen LogP contribution in [-0.4, -0.2) is 30.5 Å². The van der Waals surface area contributed by atoms with Gasteiger partial charge in [0.15, 0.2) is 0 Å². The molecule has 33 heavy (non-hydrogen) atoms. The molecule has 0 aliphatic carbocycles. The molecular formula is C27H27IO4S. The van der Waals surface area contributed by atoms with Crippen molar-refractivity contribution >= 4 is 89.9 Å². The molecule has 0 atom stereocenters. The largest absolute Gasteiger partial charge is 0.497 e. The average Bonchev–Trinajstić information content (AvgIpc) is 3.41. The maximum atomic E-state index is 7.00. The summed E-state index contributed by atoms with van der Waals surface area (Å²) in [6, 6.07) is 20.8. The lowest BCUT2D eigenvalue weighted by Crippen LogP contribution is -1.80. The van der Waals surface area contributed by atoms with Crippen LogP contribution in [0.3, 0.4) is 0 Å². The summed E-state index contributed by atoms with van der Waals surface area (Å²) >= 11 is 5.68. The van der Waals surface area contributed by atoms with E-state index in [1.807, 2.05) is 23.1 Å². The monoisotopic (exact) mass is 574 g/mol. The van der Waals surface area contributed by atoms with Crippen LogP contribution >= 0.6 is 35.2 Å². The molecule has 0 aliphatic heterocycles. The molecule has 6 aromatic rings. The molecule has 1 N–H and O–H groups in total. The average molecular weight is 574 g/mol. The summed E-state index contributed by atoms with van der Waals surface area (Å²) in [6.45, 7) is 2.11. The summed E-state index contributed by atoms with van der Waals surface area (Å²) in [5.74, 6) is 0.816. The Morgan fingerprint density at radius 3 is 1.85 bits per heavy atom. The predicted octanol–water partition coefficient (Wildman–Crippen LogP) is 8.16. The van der Waals surface area contributed by atoms with Crippen molar-refractivity contribution < 1.29 is 18.7 Å². The van der Waals surface area contributed by atoms with Crippen molar-refractivity contribution in [2.75, 3.05) is 25.4 Å². The Morgan fingerprint density at radius 2 is 1.21 bits per heavy atom. The number of rotatable bonds is 1. The number of alkyl halides is 1. The van der Waals surface area contributed by atoms with Crippen LogP contribution in [0.25, 0.3) is 54.6 Å². The van der Waals surface area contributed by atoms with E-state index in [-0.39, 0.29) is 0 Å². The molecule has 172 valence electrons. The minimum atomic E-state index is 0.816. The quantitative estimate of drug-likeness (QED) is 0.118. The maximum absolute atomic E-state index is 7.00. The number of methoxy groups -OCH3 is 1. The summed E-state index contributed by atoms with van der Waals surface area (Å²) < 4.78 is 17.7. The molecule has 0 unspecified atom stereocenters. The molecule has 6 heteroatoms. The van der Waals surface area contributed by atoms with Gasteiger partial charge in [0.25, 0.3) is 0 Å². The van der Waals surface area contributed by atoms with Crippen molar-refractivity contribution in [1.82, 2.24) is 0 Å². The Labute approximate surface area is 212 Å². The van der Waals surface area contributed by atoms with Crippen molar-refractivity contribution in [3.05, 3.63) is 66.2 Å². The van der Waals surface area contributed by atoms with Gasteiger partial charge in [-0.25, -0.2) is 0 Å². The normalized spacial score (nSPS) is 10.4. The Balaban J connectivity index is 0.000000475. The summed E-state index contributed by atoms with van der Waals surface area (Å²) in [4.78, 5) is 1.97. The van der Waals surface area contributed by atoms with E-state index in [9.17, 15) is 0 Å². The second kappa shape index (κ2) is 11.1. The molecule has 0 saturated carbocycles. The highest BCUT2D eigenvalue weighted by molar-refractivity contribution is 14.1. The van der Waals surface area contributed by atoms with E-state index in [0.29, 0.717) is 0 Å². The highest BCUT2D eigenvalue weighted by Gasteiger charge is 2.14. The van der Waals surface area contributed by atoms with Crippen molar-refractivity contribution in [3.8, 4) is 5.75 Å². The molecule has 2 aromatic heterocycles. The van der Waals surface area contributed by atoms with Gasteiger partial charge in [-0.3, -0.25) is 0 Å². The summed E-state index contributed by atoms with van der Waals surface area (Å²) in [5.41, 5.74) is 4.73. The zero-order valence-corrected chi connectivity index (χ0v) is 22.3. The third-order valence-electron chi connectivity index (χ3n) is 5.38. The second-order valence-electron chi connectivity index (χ2n) is 7.11. The van der Waals surface area contributed by atoms with Gasteiger partial charge in [-0.1, -0.05) is 46.4 Å². The van der Waals surface area contributed by atoms with E-state index >= 15 is 0 Å². The number of aryl methyl sites for hydroxylation is 1. The summed E-state index contributed by atoms with van der Waals surface area (Å²) in [5, 5.41) is 13.7. The number of aliphatic hydroxyl groups is 1. The number of benzene rings is 4. The number of thiol groups is 1. The molecule has 0 radical (unpaired) electrons. The van der Waals surface area contributed by atoms with Gasteiger partial charge < -0.3 is 18.7 Å². The van der Waals surface area contributed by atoms with Crippen LogP contribution in [0.1, 0.15) is 5.56 Å². The van der Waals surface area contributed by atoms with Crippen LogP contribution in [0.15, 0.2) is 69.5 Å². The lowest BCUT2D eigenvalue weighted by atomic mass is 10.0. The van der Waals surface area contributed by atoms with Gasteiger partial charge in [0, 0.05) is 28.7 Å². The Hall–Kier alpha value is -2.42. The van der Waals surface area contributed by atoms with Crippen LogP contribution in [0, 0.1) is 6.92 Å². The summed E-state index contributed by atoms with van der Waals surface area (Å²) in [7, 11) is 2.67. The van der Waals surface area contributed by atoms with Crippen LogP contribution in [-0.2, 0) is 0 Å². The first kappa shape index (κ1) is 25.2. The number of hydrogen-bond acceptors (Lipinski definition) is 5. The van der Waals surface area contributed by atoms with Gasteiger partial charge >= 0.3 is 0 Å². The molecule has 0 aliphatic rings. The minimum Gasteiger partial charge on any atom is -0.497 e. The maximum Gasteiger partial charge on any atom is 0.136 e. The molecule has 0 saturated heterocycles. The van der Waals surface area contributed by atoms with Crippen LogP contribution in [0.5, 0.6) is 5.75 Å². The smallest absolute Gasteiger partial charge is 0.136 e. The number of hydrogen-bond donors (Lipinski definition) is 2. The predicted molar refractivity (Wildman–Crippen MR) is 153 cm³/mol. The zero-order chi connectivity index (χ0) is 24.1. The van der Waals surface area contributed by atoms with Crippen molar-refractivity contribution in [2.24, 2.45) is 0 Å². The van der Waals surface area contributed by atoms with E-state index in [4.69, 9.17) is 18.7 Å². The first-order chi connectivity index (χ1) is 16.2. The minimum absolute atomic E-state index is 0.816. The molecule has 4 nitrogen and oxygen atoms in total. The van der Waals surface area contributed by atoms with Crippen molar-refractivity contribution in [3.63, 3.8) is 0 Å². The SMILES string of the molecule is CI.CO.COc1ccc2oc3cc4c(cc3c2c1)oc1cc2cc(C)ccc2cc14.CS. The number of furan rings is 2. The van der Waals surface area contributed by atoms with Crippen LogP contribution in [0.4, 0.5) is 0 Å². The van der Waals surface area contributed by atoms with Crippen LogP contribution < -0.4 is 4.74 Å². The second-order valence-corrected chi connectivity index (χ2v) is 7.11. The fourth-order valence-corrected chi connectivity index (χ4v) is 4.01. The van der Waals surface area contributed by atoms with Gasteiger partial charge in [-0.15, -0.1) is 0 Å². The highest BCUT2D eigenvalue weighted by atomic mass is 127. The molecule has 0 bridgehead atoms. The molecule has 4 aromatic carbocycles. The highest BCUT2D eigenvalue weighted by Crippen LogP contribution is 2.38. The molecule has 2 heterocycles. The standard InChI is InChI=1S/C24H16O3.CH3I.CH4O.CH4S/c1-13-3-4-14-8-17-19-11-23-20(12-24(19)27-22(17)9-15(14)7-13)18-10-16(25-2)5-6-21(18)26-23;3*1-2/h3-12H,1-2H3;1H3;2*2H,1H3. The lowest BCUT2D eigenvalue weighted by molar-refractivity contribution is 0.399. The van der Waals surface area contributed by atoms with E-state index < -0.39 is 0 Å². The Bertz CT molecular complexity index is 1530. The number of aliphatic hydroxyl groups excluding tert-OH is 1. The Morgan fingerprint density at radius 1 is 0.667 bits per heavy atom. The van der Waals surface area contributed by atoms with Gasteiger partial charge in [-0.2, -0.15) is 12.6 Å². The van der Waals surface area contributed by atoms with Crippen molar-refractivity contribution in [1.29, 1.82) is 0 Å². The summed E-state index contributed by atoms with van der Waals surface area (Å²) in [6.07, 6.45) is 1.69. The number of fused-ring (bicyclic) bond motifs is 7. The molecule has 0 fully saturated rings. The number of halogens is 1. The fraction of sp³-hybridized carbons (Fsp3) is 0.185. The van der Waals surface area contributed by atoms with Gasteiger partial charge in [0.05, 0.1) is 7.11 Å². The van der Waals surface area contributed by atoms with E-state index in [1.165, 1.54) is 16.3 Å². The third kappa shape index (κ3) is 4.65. The number of ether oxygens (including phenoxy) is 1. The van der Waals surface area contributed by atoms with E-state index in [2.05, 4.69) is 84.6 Å². The van der Waals surface area contributed by atoms with Gasteiger partial charge in [0.2, 0.25) is 0 Å². The van der Waals surface area contributed by atoms with Gasteiger partial charge in [0.1, 0.15) is 28.1 Å². The lowest BCUT2D eigenvalue weighted by Gasteiger charge is -1.99. The molecule has 0 amide bonds. The third-order valence-corrected chi connectivity index (χ3v) is 5.38. The van der Waals surface area contributed by atoms with Gasteiger partial charge in [-0.05, 0) is 71.3 Å². The fourth-order valence-electron chi connectivity index (χ4n) is 4.01. The van der Waals surface area contributed by atoms with Crippen LogP contribution in [0.2, 0.25) is 0 Å². The zero-order valence-electron chi connectivity index (χ0n) is 19.3.